The fourth-order valence-electron chi connectivity index (χ4n) is 2.17. The van der Waals surface area contributed by atoms with Crippen LogP contribution in [0, 0.1) is 5.92 Å². The van der Waals surface area contributed by atoms with Gasteiger partial charge in [0.15, 0.2) is 17.5 Å². The van der Waals surface area contributed by atoms with Crippen molar-refractivity contribution in [2.45, 2.75) is 32.9 Å². The molecular weight excluding hydrogens is 266 g/mol. The number of nitrogens with zero attached hydrogens (tertiary/aromatic N) is 1. The standard InChI is InChI=1S/C16H25N3O2/c1-5-17-16(19-13-8-11(13)2)18-10-12-6-7-14(20-3)15(9-12)21-4/h6-7,9,11,13H,5,8,10H2,1-4H3,(H2,17,18,19). The minimum absolute atomic E-state index is 0.563. The predicted molar refractivity (Wildman–Crippen MR) is 85.1 cm³/mol. The summed E-state index contributed by atoms with van der Waals surface area (Å²) in [7, 11) is 3.28. The van der Waals surface area contributed by atoms with Crippen LogP contribution in [0.4, 0.5) is 0 Å². The van der Waals surface area contributed by atoms with Gasteiger partial charge in [-0.1, -0.05) is 13.0 Å². The highest BCUT2D eigenvalue weighted by Crippen LogP contribution is 2.29. The van der Waals surface area contributed by atoms with Crippen molar-refractivity contribution < 1.29 is 9.47 Å². The molecule has 2 atom stereocenters. The van der Waals surface area contributed by atoms with E-state index in [1.54, 1.807) is 14.2 Å². The van der Waals surface area contributed by atoms with Gasteiger partial charge < -0.3 is 20.1 Å². The molecule has 21 heavy (non-hydrogen) atoms. The molecule has 0 bridgehead atoms. The number of hydrogen-bond acceptors (Lipinski definition) is 3. The van der Waals surface area contributed by atoms with Gasteiger partial charge in [-0.05, 0) is 37.0 Å². The van der Waals surface area contributed by atoms with Crippen molar-refractivity contribution >= 4 is 5.96 Å². The van der Waals surface area contributed by atoms with Crippen molar-refractivity contribution in [2.24, 2.45) is 10.9 Å². The van der Waals surface area contributed by atoms with E-state index in [9.17, 15) is 0 Å². The molecule has 0 aliphatic heterocycles. The Balaban J connectivity index is 2.02. The van der Waals surface area contributed by atoms with Crippen molar-refractivity contribution in [1.29, 1.82) is 0 Å². The number of guanidine groups is 1. The van der Waals surface area contributed by atoms with Gasteiger partial charge in [-0.15, -0.1) is 0 Å². The summed E-state index contributed by atoms with van der Waals surface area (Å²) in [4.78, 5) is 4.63. The zero-order valence-corrected chi connectivity index (χ0v) is 13.3. The van der Waals surface area contributed by atoms with Crippen LogP contribution in [0.1, 0.15) is 25.8 Å². The maximum absolute atomic E-state index is 5.32. The van der Waals surface area contributed by atoms with Crippen molar-refractivity contribution in [1.82, 2.24) is 10.6 Å². The molecule has 1 aromatic rings. The van der Waals surface area contributed by atoms with Gasteiger partial charge in [-0.3, -0.25) is 0 Å². The van der Waals surface area contributed by atoms with Gasteiger partial charge in [0.2, 0.25) is 0 Å². The maximum atomic E-state index is 5.32. The average Bonchev–Trinajstić information content (AvgIpc) is 3.19. The predicted octanol–water partition coefficient (Wildman–Crippen LogP) is 2.17. The van der Waals surface area contributed by atoms with Gasteiger partial charge in [-0.2, -0.15) is 0 Å². The van der Waals surface area contributed by atoms with Gasteiger partial charge in [0.1, 0.15) is 0 Å². The smallest absolute Gasteiger partial charge is 0.191 e. The summed E-state index contributed by atoms with van der Waals surface area (Å²) in [5.41, 5.74) is 1.09. The summed E-state index contributed by atoms with van der Waals surface area (Å²) in [6, 6.07) is 6.44. The second-order valence-corrected chi connectivity index (χ2v) is 5.35. The second-order valence-electron chi connectivity index (χ2n) is 5.35. The van der Waals surface area contributed by atoms with Crippen LogP contribution in [0.2, 0.25) is 0 Å². The van der Waals surface area contributed by atoms with Crippen molar-refractivity contribution in [2.75, 3.05) is 20.8 Å². The first kappa shape index (κ1) is 15.5. The summed E-state index contributed by atoms with van der Waals surface area (Å²) < 4.78 is 10.6. The molecule has 0 amide bonds. The van der Waals surface area contributed by atoms with Crippen LogP contribution in [0.5, 0.6) is 11.5 Å². The van der Waals surface area contributed by atoms with E-state index in [0.29, 0.717) is 12.6 Å². The van der Waals surface area contributed by atoms with E-state index in [4.69, 9.17) is 9.47 Å². The average molecular weight is 291 g/mol. The zero-order valence-electron chi connectivity index (χ0n) is 13.3. The fourth-order valence-corrected chi connectivity index (χ4v) is 2.17. The van der Waals surface area contributed by atoms with E-state index >= 15 is 0 Å². The third kappa shape index (κ3) is 4.28. The molecule has 1 aliphatic carbocycles. The number of benzene rings is 1. The summed E-state index contributed by atoms with van der Waals surface area (Å²) in [6.07, 6.45) is 1.22. The van der Waals surface area contributed by atoms with Crippen molar-refractivity contribution in [3.63, 3.8) is 0 Å². The van der Waals surface area contributed by atoms with E-state index < -0.39 is 0 Å². The minimum Gasteiger partial charge on any atom is -0.493 e. The van der Waals surface area contributed by atoms with E-state index in [0.717, 1.165) is 35.5 Å². The van der Waals surface area contributed by atoms with Crippen LogP contribution >= 0.6 is 0 Å². The van der Waals surface area contributed by atoms with Gasteiger partial charge >= 0.3 is 0 Å². The molecule has 1 saturated carbocycles. The van der Waals surface area contributed by atoms with Crippen LogP contribution in [-0.4, -0.2) is 32.8 Å². The fraction of sp³-hybridized carbons (Fsp3) is 0.562. The van der Waals surface area contributed by atoms with Crippen molar-refractivity contribution in [3.05, 3.63) is 23.8 Å². The molecule has 116 valence electrons. The van der Waals surface area contributed by atoms with E-state index in [2.05, 4.69) is 29.5 Å². The third-order valence-corrected chi connectivity index (χ3v) is 3.64. The number of ether oxygens (including phenoxy) is 2. The molecule has 0 heterocycles. The van der Waals surface area contributed by atoms with Gasteiger partial charge in [0, 0.05) is 12.6 Å². The lowest BCUT2D eigenvalue weighted by atomic mass is 10.2. The Morgan fingerprint density at radius 2 is 2.00 bits per heavy atom. The monoisotopic (exact) mass is 291 g/mol. The van der Waals surface area contributed by atoms with E-state index in [1.807, 2.05) is 18.2 Å². The van der Waals surface area contributed by atoms with E-state index in [1.165, 1.54) is 6.42 Å². The molecule has 0 spiro atoms. The quantitative estimate of drug-likeness (QED) is 0.623. The third-order valence-electron chi connectivity index (χ3n) is 3.64. The molecule has 2 N–H and O–H groups in total. The molecule has 1 aromatic carbocycles. The maximum Gasteiger partial charge on any atom is 0.191 e. The topological polar surface area (TPSA) is 54.9 Å². The summed E-state index contributed by atoms with van der Waals surface area (Å²) in [5.74, 6) is 3.10. The molecule has 0 radical (unpaired) electrons. The summed E-state index contributed by atoms with van der Waals surface area (Å²) >= 11 is 0. The normalized spacial score (nSPS) is 20.9. The Labute approximate surface area is 126 Å². The molecule has 0 saturated heterocycles. The first-order valence-corrected chi connectivity index (χ1v) is 7.43. The molecule has 0 aromatic heterocycles. The highest BCUT2D eigenvalue weighted by Gasteiger charge is 2.33. The van der Waals surface area contributed by atoms with Gasteiger partial charge in [0.25, 0.3) is 0 Å². The SMILES string of the molecule is CCNC(=NCc1ccc(OC)c(OC)c1)NC1CC1C. The summed E-state index contributed by atoms with van der Waals surface area (Å²) in [6.45, 7) is 5.79. The van der Waals surface area contributed by atoms with Crippen LogP contribution in [0.3, 0.4) is 0 Å². The Bertz CT molecular complexity index is 502. The van der Waals surface area contributed by atoms with E-state index in [-0.39, 0.29) is 0 Å². The molecule has 5 nitrogen and oxygen atoms in total. The number of methoxy groups -OCH3 is 2. The van der Waals surface area contributed by atoms with Crippen LogP contribution < -0.4 is 20.1 Å². The Kier molecular flexibility index (Phi) is 5.31. The Morgan fingerprint density at radius 1 is 1.29 bits per heavy atom. The number of hydrogen-bond donors (Lipinski definition) is 2. The molecule has 1 aliphatic rings. The minimum atomic E-state index is 0.563. The van der Waals surface area contributed by atoms with Gasteiger partial charge in [-0.25, -0.2) is 4.99 Å². The lowest BCUT2D eigenvalue weighted by Crippen LogP contribution is -2.39. The van der Waals surface area contributed by atoms with Crippen LogP contribution in [0.25, 0.3) is 0 Å². The van der Waals surface area contributed by atoms with Crippen molar-refractivity contribution in [3.8, 4) is 11.5 Å². The summed E-state index contributed by atoms with van der Waals surface area (Å²) in [5, 5.41) is 6.72. The number of nitrogens with one attached hydrogen (secondary N) is 2. The highest BCUT2D eigenvalue weighted by atomic mass is 16.5. The molecule has 5 heteroatoms. The zero-order chi connectivity index (χ0) is 15.2. The largest absolute Gasteiger partial charge is 0.493 e. The first-order chi connectivity index (χ1) is 10.2. The molecule has 2 rings (SSSR count). The highest BCUT2D eigenvalue weighted by molar-refractivity contribution is 5.80. The number of aliphatic imine (C=N–C) groups is 1. The number of rotatable bonds is 6. The lowest BCUT2D eigenvalue weighted by molar-refractivity contribution is 0.354. The first-order valence-electron chi connectivity index (χ1n) is 7.43. The Hall–Kier alpha value is -1.91. The lowest BCUT2D eigenvalue weighted by Gasteiger charge is -2.12. The molecule has 2 unspecified atom stereocenters. The second kappa shape index (κ2) is 7.20. The van der Waals surface area contributed by atoms with Crippen LogP contribution in [-0.2, 0) is 6.54 Å². The molecular formula is C16H25N3O2. The van der Waals surface area contributed by atoms with Crippen LogP contribution in [0.15, 0.2) is 23.2 Å². The Morgan fingerprint density at radius 3 is 2.57 bits per heavy atom. The van der Waals surface area contributed by atoms with Gasteiger partial charge in [0.05, 0.1) is 20.8 Å². The molecule has 1 fully saturated rings.